The van der Waals surface area contributed by atoms with Crippen LogP contribution in [0.1, 0.15) is 30.1 Å². The molecule has 1 fully saturated rings. The number of para-hydroxylation sites is 1. The number of nitrogens with zero attached hydrogens (tertiary/aromatic N) is 2. The van der Waals surface area contributed by atoms with E-state index in [9.17, 15) is 19.2 Å². The molecule has 0 bridgehead atoms. The van der Waals surface area contributed by atoms with E-state index in [4.69, 9.17) is 4.74 Å². The fourth-order valence-corrected chi connectivity index (χ4v) is 3.41. The first-order valence-corrected chi connectivity index (χ1v) is 7.95. The van der Waals surface area contributed by atoms with E-state index in [1.165, 1.54) is 22.8 Å². The highest BCUT2D eigenvalue weighted by Crippen LogP contribution is 2.44. The molecule has 3 rings (SSSR count). The third-order valence-corrected chi connectivity index (χ3v) is 4.42. The first-order chi connectivity index (χ1) is 11.9. The van der Waals surface area contributed by atoms with Crippen molar-refractivity contribution in [1.29, 1.82) is 0 Å². The second-order valence-corrected chi connectivity index (χ2v) is 6.05. The summed E-state index contributed by atoms with van der Waals surface area (Å²) >= 11 is 0. The van der Waals surface area contributed by atoms with Gasteiger partial charge in [0.1, 0.15) is 6.61 Å². The minimum atomic E-state index is -1.58. The molecule has 0 radical (unpaired) electrons. The number of carbonyl (C=O) groups is 4. The van der Waals surface area contributed by atoms with Crippen molar-refractivity contribution in [1.82, 2.24) is 4.90 Å². The summed E-state index contributed by atoms with van der Waals surface area (Å²) in [4.78, 5) is 52.3. The molecule has 1 aromatic rings. The van der Waals surface area contributed by atoms with E-state index in [1.807, 2.05) is 0 Å². The van der Waals surface area contributed by atoms with Crippen LogP contribution in [0.3, 0.4) is 0 Å². The van der Waals surface area contributed by atoms with Gasteiger partial charge in [0, 0.05) is 19.4 Å². The molecule has 7 heteroatoms. The van der Waals surface area contributed by atoms with Crippen LogP contribution in [-0.2, 0) is 19.1 Å². The van der Waals surface area contributed by atoms with Gasteiger partial charge in [-0.1, -0.05) is 18.2 Å². The zero-order chi connectivity index (χ0) is 18.2. The molecule has 0 N–H and O–H groups in total. The number of benzene rings is 1. The minimum Gasteiger partial charge on any atom is -0.455 e. The van der Waals surface area contributed by atoms with E-state index < -0.39 is 18.2 Å². The molecule has 25 heavy (non-hydrogen) atoms. The molecule has 1 saturated heterocycles. The van der Waals surface area contributed by atoms with Crippen molar-refractivity contribution >= 4 is 29.3 Å². The molecule has 1 aromatic carbocycles. The Kier molecular flexibility index (Phi) is 4.16. The van der Waals surface area contributed by atoms with E-state index in [0.717, 1.165) is 0 Å². The molecule has 0 saturated carbocycles. The summed E-state index contributed by atoms with van der Waals surface area (Å²) in [6, 6.07) is 6.65. The standard InChI is InChI=1S/C18H18N2O5/c1-3-10-19-16(23)13-6-4-5-7-14(13)20-15(22)8-9-18(19,20)17(24)25-11-12(2)21/h3-7H,1,8-11H2,2H3/t18-/m0/s1. The Morgan fingerprint density at radius 1 is 1.32 bits per heavy atom. The van der Waals surface area contributed by atoms with Crippen LogP contribution in [0, 0.1) is 0 Å². The Labute approximate surface area is 144 Å². The second kappa shape index (κ2) is 6.16. The topological polar surface area (TPSA) is 84.0 Å². The van der Waals surface area contributed by atoms with Gasteiger partial charge in [-0.2, -0.15) is 0 Å². The number of esters is 1. The molecule has 2 aliphatic heterocycles. The molecule has 2 amide bonds. The van der Waals surface area contributed by atoms with Gasteiger partial charge in [-0.15, -0.1) is 6.58 Å². The zero-order valence-electron chi connectivity index (χ0n) is 13.9. The summed E-state index contributed by atoms with van der Waals surface area (Å²) in [5.41, 5.74) is -0.851. The predicted octanol–water partition coefficient (Wildman–Crippen LogP) is 1.28. The number of hydrogen-bond acceptors (Lipinski definition) is 5. The summed E-state index contributed by atoms with van der Waals surface area (Å²) in [5, 5.41) is 0. The second-order valence-electron chi connectivity index (χ2n) is 6.05. The van der Waals surface area contributed by atoms with Crippen LogP contribution in [0.4, 0.5) is 5.69 Å². The van der Waals surface area contributed by atoms with E-state index in [-0.39, 0.29) is 37.0 Å². The number of ketones is 1. The molecule has 7 nitrogen and oxygen atoms in total. The molecule has 1 atom stereocenters. The summed E-state index contributed by atoms with van der Waals surface area (Å²) in [5.74, 6) is -1.74. The Morgan fingerprint density at radius 2 is 2.04 bits per heavy atom. The van der Waals surface area contributed by atoms with Crippen LogP contribution < -0.4 is 4.90 Å². The van der Waals surface area contributed by atoms with Crippen molar-refractivity contribution in [2.75, 3.05) is 18.1 Å². The van der Waals surface area contributed by atoms with Crippen molar-refractivity contribution in [3.8, 4) is 0 Å². The number of carbonyl (C=O) groups excluding carboxylic acids is 4. The third-order valence-electron chi connectivity index (χ3n) is 4.42. The predicted molar refractivity (Wildman–Crippen MR) is 88.8 cm³/mol. The molecule has 0 aromatic heterocycles. The molecule has 0 spiro atoms. The van der Waals surface area contributed by atoms with Gasteiger partial charge in [0.25, 0.3) is 5.91 Å². The first-order valence-electron chi connectivity index (χ1n) is 7.95. The third kappa shape index (κ3) is 2.43. The summed E-state index contributed by atoms with van der Waals surface area (Å²) in [7, 11) is 0. The van der Waals surface area contributed by atoms with Crippen molar-refractivity contribution in [3.05, 3.63) is 42.5 Å². The van der Waals surface area contributed by atoms with Gasteiger partial charge in [0.2, 0.25) is 11.6 Å². The van der Waals surface area contributed by atoms with Gasteiger partial charge >= 0.3 is 5.97 Å². The quantitative estimate of drug-likeness (QED) is 0.595. The Hall–Kier alpha value is -2.96. The van der Waals surface area contributed by atoms with E-state index in [2.05, 4.69) is 6.58 Å². The van der Waals surface area contributed by atoms with Crippen LogP contribution in [0.25, 0.3) is 0 Å². The van der Waals surface area contributed by atoms with Crippen LogP contribution in [-0.4, -0.2) is 47.3 Å². The number of amides is 2. The molecule has 0 aliphatic carbocycles. The number of Topliss-reactive ketones (excluding diaryl/α,β-unsaturated/α-hetero) is 1. The monoisotopic (exact) mass is 342 g/mol. The van der Waals surface area contributed by atoms with Crippen LogP contribution in [0.5, 0.6) is 0 Å². The molecule has 0 unspecified atom stereocenters. The maximum Gasteiger partial charge on any atom is 0.354 e. The van der Waals surface area contributed by atoms with Gasteiger partial charge in [-0.25, -0.2) is 4.79 Å². The fourth-order valence-electron chi connectivity index (χ4n) is 3.41. The largest absolute Gasteiger partial charge is 0.455 e. The SMILES string of the molecule is C=CCN1C(=O)c2ccccc2N2C(=O)CC[C@]12C(=O)OCC(C)=O. The van der Waals surface area contributed by atoms with Gasteiger partial charge in [-0.3, -0.25) is 19.3 Å². The Morgan fingerprint density at radius 3 is 2.72 bits per heavy atom. The van der Waals surface area contributed by atoms with E-state index in [0.29, 0.717) is 11.3 Å². The zero-order valence-corrected chi connectivity index (χ0v) is 13.9. The van der Waals surface area contributed by atoms with E-state index >= 15 is 0 Å². The number of anilines is 1. The summed E-state index contributed by atoms with van der Waals surface area (Å²) in [6.45, 7) is 4.61. The van der Waals surface area contributed by atoms with E-state index in [1.54, 1.807) is 24.3 Å². The van der Waals surface area contributed by atoms with Crippen LogP contribution >= 0.6 is 0 Å². The van der Waals surface area contributed by atoms with Crippen LogP contribution in [0.15, 0.2) is 36.9 Å². The highest BCUT2D eigenvalue weighted by Gasteiger charge is 2.61. The number of rotatable bonds is 5. The van der Waals surface area contributed by atoms with Gasteiger partial charge in [-0.05, 0) is 19.1 Å². The maximum absolute atomic E-state index is 13.0. The number of fused-ring (bicyclic) bond motifs is 3. The Bertz CT molecular complexity index is 787. The smallest absolute Gasteiger partial charge is 0.354 e. The normalized spacial score (nSPS) is 21.6. The average Bonchev–Trinajstić information content (AvgIpc) is 2.95. The van der Waals surface area contributed by atoms with Crippen LogP contribution in [0.2, 0.25) is 0 Å². The average molecular weight is 342 g/mol. The summed E-state index contributed by atoms with van der Waals surface area (Å²) in [6.07, 6.45) is 1.70. The fraction of sp³-hybridized carbons (Fsp3) is 0.333. The van der Waals surface area contributed by atoms with Gasteiger partial charge in [0.05, 0.1) is 11.3 Å². The van der Waals surface area contributed by atoms with Crippen molar-refractivity contribution in [2.45, 2.75) is 25.4 Å². The molecule has 2 heterocycles. The molecule has 2 aliphatic rings. The number of hydrogen-bond donors (Lipinski definition) is 0. The lowest BCUT2D eigenvalue weighted by atomic mass is 9.96. The summed E-state index contributed by atoms with van der Waals surface area (Å²) < 4.78 is 5.13. The minimum absolute atomic E-state index is 0.0755. The number of ether oxygens (including phenoxy) is 1. The lowest BCUT2D eigenvalue weighted by molar-refractivity contribution is -0.159. The van der Waals surface area contributed by atoms with Crippen molar-refractivity contribution in [2.24, 2.45) is 0 Å². The maximum atomic E-state index is 13.0. The van der Waals surface area contributed by atoms with Gasteiger partial charge in [0.15, 0.2) is 5.78 Å². The highest BCUT2D eigenvalue weighted by atomic mass is 16.5. The van der Waals surface area contributed by atoms with Crippen molar-refractivity contribution < 1.29 is 23.9 Å². The first kappa shape index (κ1) is 16.9. The highest BCUT2D eigenvalue weighted by molar-refractivity contribution is 6.15. The lowest BCUT2D eigenvalue weighted by Crippen LogP contribution is -2.68. The Balaban J connectivity index is 2.16. The molecular weight excluding hydrogens is 324 g/mol. The molecular formula is C18H18N2O5. The lowest BCUT2D eigenvalue weighted by Gasteiger charge is -2.47. The van der Waals surface area contributed by atoms with Gasteiger partial charge < -0.3 is 9.64 Å². The van der Waals surface area contributed by atoms with Crippen molar-refractivity contribution in [3.63, 3.8) is 0 Å². The molecule has 130 valence electrons.